The lowest BCUT2D eigenvalue weighted by molar-refractivity contribution is -0.137. The number of carbonyl (C=O) groups is 3. The smallest absolute Gasteiger partial charge is 0.418 e. The molecule has 266 valence electrons. The number of amides is 1. The fourth-order valence-electron chi connectivity index (χ4n) is 7.01. The van der Waals surface area contributed by atoms with Crippen LogP contribution < -0.4 is 15.8 Å². The predicted molar refractivity (Wildman–Crippen MR) is 189 cm³/mol. The van der Waals surface area contributed by atoms with Crippen molar-refractivity contribution < 1.29 is 32.3 Å². The maximum absolute atomic E-state index is 14.5. The first-order valence-corrected chi connectivity index (χ1v) is 17.5. The summed E-state index contributed by atoms with van der Waals surface area (Å²) < 4.78 is 47.2. The van der Waals surface area contributed by atoms with Crippen molar-refractivity contribution >= 4 is 45.6 Å². The minimum absolute atomic E-state index is 0.00470. The molecule has 0 saturated heterocycles. The molecule has 0 saturated carbocycles. The molecule has 4 N–H and O–H groups in total. The molecule has 4 rings (SSSR count). The molecule has 1 aliphatic carbocycles. The number of ether oxygens (including phenoxy) is 1. The Bertz CT molecular complexity index is 1690. The summed E-state index contributed by atoms with van der Waals surface area (Å²) in [4.78, 5) is 45.3. The molecule has 0 aliphatic heterocycles. The Balaban J connectivity index is 1.67. The van der Waals surface area contributed by atoms with Crippen molar-refractivity contribution in [3.63, 3.8) is 0 Å². The number of H-pyrrole nitrogens is 1. The van der Waals surface area contributed by atoms with Crippen LogP contribution in [0.1, 0.15) is 88.6 Å². The lowest BCUT2D eigenvalue weighted by atomic mass is 9.72. The van der Waals surface area contributed by atoms with Crippen molar-refractivity contribution in [2.75, 3.05) is 7.11 Å². The van der Waals surface area contributed by atoms with Crippen LogP contribution in [0.4, 0.5) is 13.2 Å². The van der Waals surface area contributed by atoms with E-state index in [1.165, 1.54) is 6.07 Å². The average molecular weight is 700 g/mol. The number of thiocarbonyl (C=S) groups is 1. The van der Waals surface area contributed by atoms with Crippen LogP contribution in [0.15, 0.2) is 42.5 Å². The number of alkyl halides is 3. The van der Waals surface area contributed by atoms with Crippen LogP contribution in [0.3, 0.4) is 0 Å². The lowest BCUT2D eigenvalue weighted by Crippen LogP contribution is -2.60. The largest absolute Gasteiger partial charge is 0.497 e. The Morgan fingerprint density at radius 1 is 1.04 bits per heavy atom. The van der Waals surface area contributed by atoms with Crippen LogP contribution in [0.25, 0.3) is 10.9 Å². The monoisotopic (exact) mass is 699 g/mol. The van der Waals surface area contributed by atoms with Crippen molar-refractivity contribution in [1.82, 2.24) is 10.3 Å². The van der Waals surface area contributed by atoms with E-state index in [0.29, 0.717) is 35.2 Å². The SMILES string of the molecule is CCC(C)[C@H](CC(=O)CCc1cccc(OC)c1)C(=O)N[C@]1(C(=O)C[C@H](C(N)=S)C(C)CC)CCc2[nH]c3c(C(F)(F)F)cccc3c2C1. The highest BCUT2D eigenvalue weighted by atomic mass is 32.1. The number of aryl methyl sites for hydroxylation is 2. The second-order valence-corrected chi connectivity index (χ2v) is 14.1. The standard InChI is InChI=1S/C38H48F3N3O4S/c1-6-22(3)28(35(42)49)20-33(46)37(17-16-32-30(21-37)27-12-9-13-31(34(27)43-32)38(39,40)41)44-36(47)29(23(4)7-2)19-25(45)15-14-24-10-8-11-26(18-24)48-5/h8-13,18,22-23,28-29,43H,6-7,14-17,19-21H2,1-5H3,(H2,42,49)(H,44,47)/t22?,23?,28-,29-,37+/m0/s1. The van der Waals surface area contributed by atoms with Gasteiger partial charge in [0, 0.05) is 48.6 Å². The number of hydrogen-bond acceptors (Lipinski definition) is 5. The van der Waals surface area contributed by atoms with E-state index in [4.69, 9.17) is 22.7 Å². The number of Topliss-reactive ketones (excluding diaryl/α,β-unsaturated/α-hetero) is 2. The molecule has 0 fully saturated rings. The molecule has 49 heavy (non-hydrogen) atoms. The van der Waals surface area contributed by atoms with E-state index in [0.717, 1.165) is 18.1 Å². The fraction of sp³-hybridized carbons (Fsp3) is 0.526. The number of hydrogen-bond donors (Lipinski definition) is 3. The molecule has 0 radical (unpaired) electrons. The van der Waals surface area contributed by atoms with Gasteiger partial charge in [-0.1, -0.05) is 77.0 Å². The van der Waals surface area contributed by atoms with Gasteiger partial charge in [0.05, 0.1) is 23.2 Å². The second-order valence-electron chi connectivity index (χ2n) is 13.7. The summed E-state index contributed by atoms with van der Waals surface area (Å²) in [6.07, 6.45) is -2.04. The zero-order valence-corrected chi connectivity index (χ0v) is 29.8. The topological polar surface area (TPSA) is 114 Å². The molecule has 3 aromatic rings. The van der Waals surface area contributed by atoms with Crippen molar-refractivity contribution in [3.8, 4) is 5.75 Å². The Hall–Kier alpha value is -3.73. The van der Waals surface area contributed by atoms with Gasteiger partial charge >= 0.3 is 6.18 Å². The number of rotatable bonds is 16. The summed E-state index contributed by atoms with van der Waals surface area (Å²) in [6, 6.07) is 11.5. The maximum Gasteiger partial charge on any atom is 0.418 e. The molecule has 11 heteroatoms. The van der Waals surface area contributed by atoms with E-state index in [9.17, 15) is 27.6 Å². The molecule has 2 unspecified atom stereocenters. The molecule has 1 aromatic heterocycles. The minimum atomic E-state index is -4.57. The normalized spacial score (nSPS) is 18.6. The lowest BCUT2D eigenvalue weighted by Gasteiger charge is -2.39. The number of aromatic amines is 1. The van der Waals surface area contributed by atoms with E-state index >= 15 is 0 Å². The predicted octanol–water partition coefficient (Wildman–Crippen LogP) is 7.70. The number of nitrogens with two attached hydrogens (primary N) is 1. The van der Waals surface area contributed by atoms with E-state index in [1.807, 2.05) is 52.0 Å². The van der Waals surface area contributed by atoms with E-state index in [-0.39, 0.29) is 72.4 Å². The van der Waals surface area contributed by atoms with Gasteiger partial charge < -0.3 is 20.8 Å². The summed E-state index contributed by atoms with van der Waals surface area (Å²) in [5.41, 5.74) is 6.01. The third-order valence-corrected chi connectivity index (χ3v) is 10.9. The quantitative estimate of drug-likeness (QED) is 0.132. The third kappa shape index (κ3) is 8.71. The van der Waals surface area contributed by atoms with Gasteiger partial charge in [-0.25, -0.2) is 0 Å². The molecule has 1 aliphatic rings. The van der Waals surface area contributed by atoms with Gasteiger partial charge in [0.1, 0.15) is 17.1 Å². The number of fused-ring (bicyclic) bond motifs is 3. The molecular formula is C38H48F3N3O4S. The summed E-state index contributed by atoms with van der Waals surface area (Å²) in [5, 5.41) is 3.48. The van der Waals surface area contributed by atoms with Gasteiger partial charge in [0.15, 0.2) is 5.78 Å². The highest BCUT2D eigenvalue weighted by Crippen LogP contribution is 2.41. The maximum atomic E-state index is 14.5. The Morgan fingerprint density at radius 2 is 1.71 bits per heavy atom. The number of ketones is 2. The fourth-order valence-corrected chi connectivity index (χ4v) is 7.32. The first kappa shape index (κ1) is 38.1. The van der Waals surface area contributed by atoms with Gasteiger partial charge in [-0.05, 0) is 60.4 Å². The van der Waals surface area contributed by atoms with Crippen molar-refractivity contribution in [2.24, 2.45) is 29.4 Å². The zero-order valence-electron chi connectivity index (χ0n) is 29.0. The van der Waals surface area contributed by atoms with Gasteiger partial charge in [0.25, 0.3) is 0 Å². The Morgan fingerprint density at radius 3 is 2.35 bits per heavy atom. The summed E-state index contributed by atoms with van der Waals surface area (Å²) in [6.45, 7) is 7.81. The minimum Gasteiger partial charge on any atom is -0.497 e. The van der Waals surface area contributed by atoms with Crippen molar-refractivity contribution in [2.45, 2.75) is 97.2 Å². The van der Waals surface area contributed by atoms with Crippen molar-refractivity contribution in [3.05, 3.63) is 64.8 Å². The summed E-state index contributed by atoms with van der Waals surface area (Å²) in [5.74, 6) is -1.32. The molecule has 1 amide bonds. The number of benzene rings is 2. The van der Waals surface area contributed by atoms with Gasteiger partial charge in [-0.2, -0.15) is 13.2 Å². The second kappa shape index (κ2) is 15.9. The van der Waals surface area contributed by atoms with Crippen LogP contribution in [0, 0.1) is 23.7 Å². The van der Waals surface area contributed by atoms with Crippen LogP contribution in [0.2, 0.25) is 0 Å². The van der Waals surface area contributed by atoms with Crippen LogP contribution >= 0.6 is 12.2 Å². The highest BCUT2D eigenvalue weighted by molar-refractivity contribution is 7.80. The molecule has 5 atom stereocenters. The zero-order chi connectivity index (χ0) is 36.1. The molecule has 0 bridgehead atoms. The average Bonchev–Trinajstić information content (AvgIpc) is 3.44. The number of carbonyl (C=O) groups excluding carboxylic acids is 3. The van der Waals surface area contributed by atoms with Gasteiger partial charge in [-0.3, -0.25) is 14.4 Å². The molecule has 2 aromatic carbocycles. The highest BCUT2D eigenvalue weighted by Gasteiger charge is 2.46. The van der Waals surface area contributed by atoms with E-state index in [1.54, 1.807) is 13.2 Å². The number of para-hydroxylation sites is 1. The number of aromatic nitrogens is 1. The van der Waals surface area contributed by atoms with Crippen LogP contribution in [0.5, 0.6) is 5.75 Å². The number of methoxy groups -OCH3 is 1. The summed E-state index contributed by atoms with van der Waals surface area (Å²) >= 11 is 5.36. The van der Waals surface area contributed by atoms with Gasteiger partial charge in [0.2, 0.25) is 5.91 Å². The first-order valence-electron chi connectivity index (χ1n) is 17.1. The van der Waals surface area contributed by atoms with E-state index < -0.39 is 35.0 Å². The Kier molecular flexibility index (Phi) is 12.3. The number of nitrogens with one attached hydrogen (secondary N) is 2. The molecular weight excluding hydrogens is 651 g/mol. The summed E-state index contributed by atoms with van der Waals surface area (Å²) in [7, 11) is 1.58. The van der Waals surface area contributed by atoms with Gasteiger partial charge in [-0.15, -0.1) is 0 Å². The van der Waals surface area contributed by atoms with Crippen LogP contribution in [-0.2, 0) is 39.8 Å². The van der Waals surface area contributed by atoms with Crippen molar-refractivity contribution in [1.29, 1.82) is 0 Å². The molecule has 1 heterocycles. The third-order valence-electron chi connectivity index (χ3n) is 10.6. The van der Waals surface area contributed by atoms with Crippen LogP contribution in [-0.4, -0.2) is 40.1 Å². The first-order chi connectivity index (χ1) is 23.1. The molecule has 7 nitrogen and oxygen atoms in total. The van der Waals surface area contributed by atoms with E-state index in [2.05, 4.69) is 10.3 Å². The number of halogens is 3. The molecule has 0 spiro atoms. The Labute approximate surface area is 291 Å².